The number of aliphatic hydroxyl groups excluding tert-OH is 1. The lowest BCUT2D eigenvalue weighted by Gasteiger charge is -2.16. The maximum Gasteiger partial charge on any atom is 0.330 e. The summed E-state index contributed by atoms with van der Waals surface area (Å²) in [6.45, 7) is 9.79. The number of H-pyrrole nitrogens is 2. The lowest BCUT2D eigenvalue weighted by Crippen LogP contribution is -2.33. The van der Waals surface area contributed by atoms with Crippen molar-refractivity contribution >= 4 is 45.2 Å². The zero-order chi connectivity index (χ0) is 29.4. The van der Waals surface area contributed by atoms with Gasteiger partial charge in [0, 0.05) is 25.2 Å². The Morgan fingerprint density at radius 3 is 1.73 bits per heavy atom. The van der Waals surface area contributed by atoms with Crippen LogP contribution in [-0.2, 0) is 18.9 Å². The molecule has 13 nitrogen and oxygen atoms in total. The minimum Gasteiger partial charge on any atom is -0.394 e. The number of nitrogens with zero attached hydrogens (tertiary/aromatic N) is 2. The van der Waals surface area contributed by atoms with Gasteiger partial charge in [-0.05, 0) is 51.6 Å². The van der Waals surface area contributed by atoms with Crippen LogP contribution in [0.5, 0.6) is 0 Å². The van der Waals surface area contributed by atoms with Crippen LogP contribution in [0.1, 0.15) is 38.6 Å². The second-order valence-corrected chi connectivity index (χ2v) is 11.3. The molecule has 2 aromatic heterocycles. The van der Waals surface area contributed by atoms with Crippen LogP contribution in [-0.4, -0.2) is 68.4 Å². The molecule has 0 saturated carbocycles. The van der Waals surface area contributed by atoms with Crippen LogP contribution in [0.15, 0.2) is 56.9 Å². The molecule has 2 fully saturated rings. The molecule has 2 aromatic rings. The van der Waals surface area contributed by atoms with Crippen LogP contribution in [0.4, 0.5) is 0 Å². The van der Waals surface area contributed by atoms with Crippen LogP contribution in [0.25, 0.3) is 0 Å². The third-order valence-electron chi connectivity index (χ3n) is 6.27. The first-order valence-corrected chi connectivity index (χ1v) is 14.7. The number of halogens is 2. The number of aromatic amines is 2. The molecule has 0 aromatic carbocycles. The van der Waals surface area contributed by atoms with Crippen molar-refractivity contribution < 1.29 is 24.1 Å². The quantitative estimate of drug-likeness (QED) is 0.239. The van der Waals surface area contributed by atoms with Gasteiger partial charge in [-0.25, -0.2) is 9.59 Å². The van der Waals surface area contributed by atoms with Crippen LogP contribution in [0, 0.1) is 7.14 Å². The molecule has 2 aliphatic heterocycles. The van der Waals surface area contributed by atoms with E-state index in [1.165, 1.54) is 21.5 Å². The monoisotopic (exact) mass is 786 g/mol. The molecule has 0 radical (unpaired) electrons. The summed E-state index contributed by atoms with van der Waals surface area (Å²) in [5, 5.41) is 9.29. The van der Waals surface area contributed by atoms with Crippen molar-refractivity contribution in [1.29, 1.82) is 0 Å². The first-order valence-electron chi connectivity index (χ1n) is 12.5. The molecule has 3 N–H and O–H groups in total. The van der Waals surface area contributed by atoms with E-state index in [0.29, 0.717) is 33.2 Å². The Kier molecular flexibility index (Phi) is 12.5. The average molecular weight is 786 g/mol. The van der Waals surface area contributed by atoms with Crippen molar-refractivity contribution in [3.63, 3.8) is 0 Å². The topological polar surface area (TPSA) is 167 Å². The Hall–Kier alpha value is -1.90. The highest BCUT2D eigenvalue weighted by atomic mass is 127. The first-order chi connectivity index (χ1) is 19.1. The third kappa shape index (κ3) is 8.10. The molecule has 220 valence electrons. The normalized spacial score (nSPS) is 25.8. The van der Waals surface area contributed by atoms with Crippen LogP contribution in [0.3, 0.4) is 0 Å². The molecule has 15 heteroatoms. The zero-order valence-electron chi connectivity index (χ0n) is 21.8. The van der Waals surface area contributed by atoms with Gasteiger partial charge in [-0.1, -0.05) is 19.1 Å². The number of ether oxygens (including phenoxy) is 4. The number of rotatable bonds is 10. The highest BCUT2D eigenvalue weighted by molar-refractivity contribution is 14.1. The Morgan fingerprint density at radius 2 is 1.32 bits per heavy atom. The molecule has 2 aliphatic rings. The van der Waals surface area contributed by atoms with Crippen molar-refractivity contribution in [2.24, 2.45) is 0 Å². The second-order valence-electron chi connectivity index (χ2n) is 8.93. The number of hydrogen-bond donors (Lipinski definition) is 3. The van der Waals surface area contributed by atoms with Crippen molar-refractivity contribution in [1.82, 2.24) is 19.1 Å². The SMILES string of the molecule is C=CCOC1CC(n2cc(I)c(=O)[nH]c2=O)OC1CC.C=CCOC1CC(n2cc(I)c(=O)[nH]c2=O)OC1CO. The first kappa shape index (κ1) is 32.6. The summed E-state index contributed by atoms with van der Waals surface area (Å²) >= 11 is 3.73. The molecule has 0 spiro atoms. The molecule has 4 heterocycles. The smallest absolute Gasteiger partial charge is 0.330 e. The largest absolute Gasteiger partial charge is 0.394 e. The lowest BCUT2D eigenvalue weighted by atomic mass is 10.1. The van der Waals surface area contributed by atoms with Gasteiger partial charge in [0.25, 0.3) is 11.1 Å². The van der Waals surface area contributed by atoms with E-state index in [1.807, 2.05) is 52.1 Å². The van der Waals surface area contributed by atoms with Gasteiger partial charge in [-0.15, -0.1) is 13.2 Å². The maximum absolute atomic E-state index is 11.9. The molecule has 0 aliphatic carbocycles. The molecule has 6 unspecified atom stereocenters. The van der Waals surface area contributed by atoms with E-state index < -0.39 is 35.5 Å². The highest BCUT2D eigenvalue weighted by Gasteiger charge is 2.37. The minimum absolute atomic E-state index is 0.0589. The number of hydrogen-bond acceptors (Lipinski definition) is 9. The molecular formula is C25H32I2N4O9. The van der Waals surface area contributed by atoms with E-state index in [0.717, 1.165) is 6.42 Å². The van der Waals surface area contributed by atoms with Crippen molar-refractivity contribution in [2.75, 3.05) is 19.8 Å². The Bertz CT molecular complexity index is 1300. The van der Waals surface area contributed by atoms with Gasteiger partial charge in [0.1, 0.15) is 18.6 Å². The fourth-order valence-corrected chi connectivity index (χ4v) is 5.22. The van der Waals surface area contributed by atoms with Crippen molar-refractivity contribution in [3.05, 3.63) is 86.5 Å². The lowest BCUT2D eigenvalue weighted by molar-refractivity contribution is -0.0582. The number of aromatic nitrogens is 4. The van der Waals surface area contributed by atoms with Gasteiger partial charge >= 0.3 is 11.4 Å². The van der Waals surface area contributed by atoms with Crippen LogP contribution >= 0.6 is 45.2 Å². The molecule has 0 amide bonds. The maximum atomic E-state index is 11.9. The Morgan fingerprint density at radius 1 is 0.900 bits per heavy atom. The standard InChI is InChI=1S/C13H17IN2O4.C12H15IN2O5/c1-3-5-19-10-6-11(20-9(10)4-2)16-7-8(14)12(17)15-13(16)18;1-2-3-19-8-4-10(20-9(8)6-16)15-5-7(13)11(17)14-12(15)18/h3,7,9-11H,1,4-6H2,2H3,(H,15,17,18);2,5,8-10,16H,1,3-4,6H2,(H,14,17,18). The molecular weight excluding hydrogens is 754 g/mol. The Labute approximate surface area is 256 Å². The van der Waals surface area contributed by atoms with Gasteiger partial charge in [0.2, 0.25) is 0 Å². The van der Waals surface area contributed by atoms with Gasteiger partial charge in [0.05, 0.1) is 45.3 Å². The molecule has 2 saturated heterocycles. The second kappa shape index (κ2) is 15.4. The Balaban J connectivity index is 0.000000220. The minimum atomic E-state index is -0.570. The van der Waals surface area contributed by atoms with E-state index in [-0.39, 0.29) is 30.5 Å². The number of aliphatic hydroxyl groups is 1. The van der Waals surface area contributed by atoms with Crippen LogP contribution in [0.2, 0.25) is 0 Å². The summed E-state index contributed by atoms with van der Waals surface area (Å²) in [7, 11) is 0. The molecule has 0 bridgehead atoms. The van der Waals surface area contributed by atoms with Crippen LogP contribution < -0.4 is 22.5 Å². The molecule has 40 heavy (non-hydrogen) atoms. The summed E-state index contributed by atoms with van der Waals surface area (Å²) in [6.07, 6.45) is 6.13. The van der Waals surface area contributed by atoms with E-state index in [4.69, 9.17) is 18.9 Å². The summed E-state index contributed by atoms with van der Waals surface area (Å²) in [6, 6.07) is 0. The summed E-state index contributed by atoms with van der Waals surface area (Å²) in [4.78, 5) is 50.9. The highest BCUT2D eigenvalue weighted by Crippen LogP contribution is 2.32. The number of nitrogens with one attached hydrogen (secondary N) is 2. The zero-order valence-corrected chi connectivity index (χ0v) is 26.1. The van der Waals surface area contributed by atoms with E-state index >= 15 is 0 Å². The summed E-state index contributed by atoms with van der Waals surface area (Å²) in [5.41, 5.74) is -1.81. The average Bonchev–Trinajstić information content (AvgIpc) is 3.54. The van der Waals surface area contributed by atoms with E-state index in [1.54, 1.807) is 12.2 Å². The summed E-state index contributed by atoms with van der Waals surface area (Å²) < 4.78 is 26.2. The van der Waals surface area contributed by atoms with Gasteiger partial charge < -0.3 is 24.1 Å². The fourth-order valence-electron chi connectivity index (χ4n) is 4.35. The van der Waals surface area contributed by atoms with E-state index in [2.05, 4.69) is 23.1 Å². The fraction of sp³-hybridized carbons (Fsp3) is 0.520. The van der Waals surface area contributed by atoms with Gasteiger partial charge in [0.15, 0.2) is 0 Å². The van der Waals surface area contributed by atoms with Gasteiger partial charge in [-0.2, -0.15) is 0 Å². The van der Waals surface area contributed by atoms with Gasteiger partial charge in [-0.3, -0.25) is 28.7 Å². The van der Waals surface area contributed by atoms with Crippen molar-refractivity contribution in [3.8, 4) is 0 Å². The predicted molar refractivity (Wildman–Crippen MR) is 162 cm³/mol. The summed E-state index contributed by atoms with van der Waals surface area (Å²) in [5.74, 6) is 0. The molecule has 4 rings (SSSR count). The van der Waals surface area contributed by atoms with Crippen molar-refractivity contribution in [2.45, 2.75) is 63.1 Å². The van der Waals surface area contributed by atoms with E-state index in [9.17, 15) is 24.3 Å². The third-order valence-corrected chi connectivity index (χ3v) is 7.81. The predicted octanol–water partition coefficient (Wildman–Crippen LogP) is 1.40. The molecule has 6 atom stereocenters.